The predicted molar refractivity (Wildman–Crippen MR) is 58.3 cm³/mol. The fraction of sp³-hybridized carbons (Fsp3) is 0.273. The SMILES string of the molecule is CCOc1cccc(C=C(C)[N+](=O)[O-])c1. The molecule has 4 nitrogen and oxygen atoms in total. The molecule has 4 heteroatoms. The van der Waals surface area contributed by atoms with Crippen LogP contribution in [0.25, 0.3) is 6.08 Å². The van der Waals surface area contributed by atoms with Gasteiger partial charge in [0, 0.05) is 13.0 Å². The van der Waals surface area contributed by atoms with Gasteiger partial charge in [-0.05, 0) is 24.6 Å². The molecule has 1 aromatic carbocycles. The Kier molecular flexibility index (Phi) is 3.85. The second kappa shape index (κ2) is 5.14. The minimum atomic E-state index is -0.409. The van der Waals surface area contributed by atoms with Gasteiger partial charge in [0.2, 0.25) is 5.70 Å². The van der Waals surface area contributed by atoms with Crippen molar-refractivity contribution in [1.29, 1.82) is 0 Å². The largest absolute Gasteiger partial charge is 0.494 e. The Labute approximate surface area is 88.3 Å². The summed E-state index contributed by atoms with van der Waals surface area (Å²) >= 11 is 0. The topological polar surface area (TPSA) is 52.4 Å². The quantitative estimate of drug-likeness (QED) is 0.563. The first-order valence-electron chi connectivity index (χ1n) is 4.69. The molecule has 0 spiro atoms. The van der Waals surface area contributed by atoms with E-state index in [1.54, 1.807) is 12.1 Å². The summed E-state index contributed by atoms with van der Waals surface area (Å²) < 4.78 is 5.29. The third kappa shape index (κ3) is 3.42. The van der Waals surface area contributed by atoms with E-state index in [0.717, 1.165) is 11.3 Å². The molecule has 0 bridgehead atoms. The van der Waals surface area contributed by atoms with Gasteiger partial charge < -0.3 is 4.74 Å². The average molecular weight is 207 g/mol. The molecule has 0 atom stereocenters. The molecule has 0 amide bonds. The van der Waals surface area contributed by atoms with Crippen molar-refractivity contribution in [2.75, 3.05) is 6.61 Å². The van der Waals surface area contributed by atoms with E-state index in [-0.39, 0.29) is 5.70 Å². The summed E-state index contributed by atoms with van der Waals surface area (Å²) in [5, 5.41) is 10.4. The molecule has 0 saturated carbocycles. The summed E-state index contributed by atoms with van der Waals surface area (Å²) in [6.45, 7) is 3.94. The van der Waals surface area contributed by atoms with Gasteiger partial charge in [0.25, 0.3) is 0 Å². The van der Waals surface area contributed by atoms with E-state index >= 15 is 0 Å². The summed E-state index contributed by atoms with van der Waals surface area (Å²) in [5.41, 5.74) is 0.888. The molecule has 1 aromatic rings. The molecule has 15 heavy (non-hydrogen) atoms. The first-order valence-corrected chi connectivity index (χ1v) is 4.69. The van der Waals surface area contributed by atoms with Crippen LogP contribution in [0.15, 0.2) is 30.0 Å². The van der Waals surface area contributed by atoms with Gasteiger partial charge >= 0.3 is 0 Å². The minimum absolute atomic E-state index is 0.114. The number of allylic oxidation sites excluding steroid dienone is 1. The number of nitrogens with zero attached hydrogens (tertiary/aromatic N) is 1. The number of nitro groups is 1. The van der Waals surface area contributed by atoms with Gasteiger partial charge in [0.1, 0.15) is 5.75 Å². The minimum Gasteiger partial charge on any atom is -0.494 e. The molecule has 1 rings (SSSR count). The van der Waals surface area contributed by atoms with E-state index in [2.05, 4.69) is 0 Å². The third-order valence-corrected chi connectivity index (χ3v) is 1.83. The summed E-state index contributed by atoms with van der Waals surface area (Å²) in [5.74, 6) is 0.724. The van der Waals surface area contributed by atoms with Gasteiger partial charge in [-0.2, -0.15) is 0 Å². The maximum absolute atomic E-state index is 10.4. The van der Waals surface area contributed by atoms with E-state index in [9.17, 15) is 10.1 Å². The summed E-state index contributed by atoms with van der Waals surface area (Å²) in [6, 6.07) is 7.21. The van der Waals surface area contributed by atoms with Crippen molar-refractivity contribution in [1.82, 2.24) is 0 Å². The van der Waals surface area contributed by atoms with Crippen LogP contribution in [0.2, 0.25) is 0 Å². The Morgan fingerprint density at radius 1 is 1.60 bits per heavy atom. The van der Waals surface area contributed by atoms with Gasteiger partial charge in [-0.15, -0.1) is 0 Å². The zero-order valence-electron chi connectivity index (χ0n) is 8.77. The molecule has 80 valence electrons. The van der Waals surface area contributed by atoms with Crippen LogP contribution < -0.4 is 4.74 Å². The van der Waals surface area contributed by atoms with Crippen molar-refractivity contribution >= 4 is 6.08 Å². The molecule has 0 aliphatic carbocycles. The van der Waals surface area contributed by atoms with Gasteiger partial charge in [-0.3, -0.25) is 10.1 Å². The van der Waals surface area contributed by atoms with E-state index in [0.29, 0.717) is 6.61 Å². The Morgan fingerprint density at radius 3 is 2.93 bits per heavy atom. The molecule has 0 unspecified atom stereocenters. The molecule has 0 fully saturated rings. The lowest BCUT2D eigenvalue weighted by Gasteiger charge is -2.02. The Morgan fingerprint density at radius 2 is 2.33 bits per heavy atom. The van der Waals surface area contributed by atoms with Crippen LogP contribution in [0.5, 0.6) is 5.75 Å². The van der Waals surface area contributed by atoms with Crippen molar-refractivity contribution in [3.63, 3.8) is 0 Å². The zero-order valence-corrected chi connectivity index (χ0v) is 8.77. The van der Waals surface area contributed by atoms with E-state index in [1.807, 2.05) is 19.1 Å². The average Bonchev–Trinajstić information content (AvgIpc) is 2.18. The predicted octanol–water partition coefficient (Wildman–Crippen LogP) is 2.72. The molecule has 0 saturated heterocycles. The second-order valence-electron chi connectivity index (χ2n) is 3.05. The van der Waals surface area contributed by atoms with Crippen LogP contribution in [0.3, 0.4) is 0 Å². The standard InChI is InChI=1S/C11H13NO3/c1-3-15-11-6-4-5-10(8-11)7-9(2)12(13)14/h4-8H,3H2,1-2H3. The molecule has 0 radical (unpaired) electrons. The maximum atomic E-state index is 10.4. The monoisotopic (exact) mass is 207 g/mol. The highest BCUT2D eigenvalue weighted by atomic mass is 16.6. The van der Waals surface area contributed by atoms with Crippen LogP contribution in [0, 0.1) is 10.1 Å². The summed E-state index contributed by atoms with van der Waals surface area (Å²) in [6.07, 6.45) is 1.52. The highest BCUT2D eigenvalue weighted by Gasteiger charge is 2.02. The molecule has 0 N–H and O–H groups in total. The lowest BCUT2D eigenvalue weighted by Crippen LogP contribution is -1.94. The Hall–Kier alpha value is -1.84. The van der Waals surface area contributed by atoms with Crippen LogP contribution in [0.1, 0.15) is 19.4 Å². The molecule has 0 aliphatic rings. The first kappa shape index (κ1) is 11.2. The molecule has 0 aromatic heterocycles. The number of benzene rings is 1. The smallest absolute Gasteiger partial charge is 0.243 e. The highest BCUT2D eigenvalue weighted by Crippen LogP contribution is 2.15. The van der Waals surface area contributed by atoms with Crippen LogP contribution >= 0.6 is 0 Å². The fourth-order valence-corrected chi connectivity index (χ4v) is 1.15. The van der Waals surface area contributed by atoms with Crippen molar-refractivity contribution < 1.29 is 9.66 Å². The molecule has 0 heterocycles. The first-order chi connectivity index (χ1) is 7.13. The number of ether oxygens (including phenoxy) is 1. The maximum Gasteiger partial charge on any atom is 0.243 e. The van der Waals surface area contributed by atoms with Crippen molar-refractivity contribution in [3.05, 3.63) is 45.6 Å². The molecule has 0 aliphatic heterocycles. The third-order valence-electron chi connectivity index (χ3n) is 1.83. The zero-order chi connectivity index (χ0) is 11.3. The summed E-state index contributed by atoms with van der Waals surface area (Å²) in [7, 11) is 0. The lowest BCUT2D eigenvalue weighted by atomic mass is 10.2. The number of rotatable bonds is 4. The van der Waals surface area contributed by atoms with Gasteiger partial charge in [0.15, 0.2) is 0 Å². The molecular weight excluding hydrogens is 194 g/mol. The Balaban J connectivity index is 2.91. The number of hydrogen-bond acceptors (Lipinski definition) is 3. The van der Waals surface area contributed by atoms with Crippen LogP contribution in [-0.4, -0.2) is 11.5 Å². The second-order valence-corrected chi connectivity index (χ2v) is 3.05. The lowest BCUT2D eigenvalue weighted by molar-refractivity contribution is -0.422. The highest BCUT2D eigenvalue weighted by molar-refractivity contribution is 5.52. The van der Waals surface area contributed by atoms with Gasteiger partial charge in [-0.25, -0.2) is 0 Å². The normalized spacial score (nSPS) is 11.2. The number of hydrogen-bond donors (Lipinski definition) is 0. The van der Waals surface area contributed by atoms with Crippen LogP contribution in [-0.2, 0) is 0 Å². The molecular formula is C11H13NO3. The van der Waals surface area contributed by atoms with E-state index in [1.165, 1.54) is 13.0 Å². The van der Waals surface area contributed by atoms with Gasteiger partial charge in [-0.1, -0.05) is 12.1 Å². The Bertz CT molecular complexity index is 385. The van der Waals surface area contributed by atoms with Crippen LogP contribution in [0.4, 0.5) is 0 Å². The van der Waals surface area contributed by atoms with Crippen molar-refractivity contribution in [2.45, 2.75) is 13.8 Å². The van der Waals surface area contributed by atoms with E-state index < -0.39 is 4.92 Å². The fourth-order valence-electron chi connectivity index (χ4n) is 1.15. The van der Waals surface area contributed by atoms with Gasteiger partial charge in [0.05, 0.1) is 11.5 Å². The van der Waals surface area contributed by atoms with E-state index in [4.69, 9.17) is 4.74 Å². The van der Waals surface area contributed by atoms with Crippen molar-refractivity contribution in [3.8, 4) is 5.75 Å². The summed E-state index contributed by atoms with van der Waals surface area (Å²) in [4.78, 5) is 10.0. The van der Waals surface area contributed by atoms with Crippen molar-refractivity contribution in [2.24, 2.45) is 0 Å².